The van der Waals surface area contributed by atoms with Crippen LogP contribution in [0.25, 0.3) is 0 Å². The Balaban J connectivity index is 5.17. The van der Waals surface area contributed by atoms with Gasteiger partial charge in [-0.15, -0.1) is 0 Å². The second-order valence-corrected chi connectivity index (χ2v) is 7.69. The molecule has 0 aliphatic rings. The maximum atomic E-state index is 12.0. The Labute approximate surface area is 154 Å². The van der Waals surface area contributed by atoms with E-state index in [-0.39, 0.29) is 18.1 Å². The molecule has 0 bridgehead atoms. The zero-order valence-electron chi connectivity index (χ0n) is 15.9. The lowest BCUT2D eigenvalue weighted by Crippen LogP contribution is -2.40. The third-order valence-electron chi connectivity index (χ3n) is 2.33. The Bertz CT molecular complexity index is 486. The molecule has 0 saturated heterocycles. The van der Waals surface area contributed by atoms with Crippen molar-refractivity contribution in [2.75, 3.05) is 6.61 Å². The van der Waals surface area contributed by atoms with E-state index in [0.717, 1.165) is 0 Å². The van der Waals surface area contributed by atoms with E-state index in [2.05, 4.69) is 5.32 Å². The van der Waals surface area contributed by atoms with Crippen molar-refractivity contribution in [1.29, 1.82) is 0 Å². The van der Waals surface area contributed by atoms with Gasteiger partial charge in [0.1, 0.15) is 16.2 Å². The lowest BCUT2D eigenvalue weighted by Gasteiger charge is -2.24. The lowest BCUT2D eigenvalue weighted by molar-refractivity contribution is -0.155. The van der Waals surface area contributed by atoms with Crippen molar-refractivity contribution in [1.82, 2.24) is 5.32 Å². The minimum Gasteiger partial charge on any atom is -0.462 e. The summed E-state index contributed by atoms with van der Waals surface area (Å²) in [6.07, 6.45) is 0.269. The Morgan fingerprint density at radius 3 is 2.00 bits per heavy atom. The van der Waals surface area contributed by atoms with E-state index in [1.165, 1.54) is 6.08 Å². The van der Waals surface area contributed by atoms with Gasteiger partial charge >= 0.3 is 18.0 Å². The summed E-state index contributed by atoms with van der Waals surface area (Å²) in [7, 11) is 0. The largest absolute Gasteiger partial charge is 0.462 e. The maximum absolute atomic E-state index is 12.0. The molecule has 0 radical (unpaired) electrons. The average Bonchev–Trinajstić information content (AvgIpc) is 2.33. The van der Waals surface area contributed by atoms with E-state index in [0.29, 0.717) is 0 Å². The first kappa shape index (κ1) is 23.2. The molecule has 0 aromatic rings. The molecular weight excluding hydrogens is 350 g/mol. The van der Waals surface area contributed by atoms with Crippen LogP contribution in [-0.4, -0.2) is 41.9 Å². The number of esters is 2. The van der Waals surface area contributed by atoms with Crippen molar-refractivity contribution < 1.29 is 28.6 Å². The minimum atomic E-state index is -0.887. The van der Waals surface area contributed by atoms with Gasteiger partial charge in [-0.3, -0.25) is 4.79 Å². The number of nitrogens with one attached hydrogen (secondary N) is 1. The molecule has 8 heteroatoms. The molecule has 144 valence electrons. The minimum absolute atomic E-state index is 0.152. The first-order chi connectivity index (χ1) is 11.2. The van der Waals surface area contributed by atoms with Crippen LogP contribution >= 0.6 is 11.6 Å². The molecule has 25 heavy (non-hydrogen) atoms. The van der Waals surface area contributed by atoms with E-state index in [4.69, 9.17) is 25.8 Å². The van der Waals surface area contributed by atoms with Gasteiger partial charge in [0.15, 0.2) is 0 Å². The highest BCUT2D eigenvalue weighted by Crippen LogP contribution is 2.14. The van der Waals surface area contributed by atoms with E-state index >= 15 is 0 Å². The summed E-state index contributed by atoms with van der Waals surface area (Å²) < 4.78 is 15.1. The van der Waals surface area contributed by atoms with Gasteiger partial charge in [0.2, 0.25) is 0 Å². The molecule has 0 rings (SSSR count). The standard InChI is InChI=1S/C17H28ClNO6/c1-8-23-14(21)12(18)9-11(10-13(20)24-16(2,3)4)19-15(22)25-17(5,6)7/h9,11H,8,10H2,1-7H3,(H,19,22)/b12-9-/t11-/m1/s1. The molecule has 0 aliphatic heterocycles. The van der Waals surface area contributed by atoms with Crippen molar-refractivity contribution in [2.24, 2.45) is 0 Å². The molecule has 0 fully saturated rings. The predicted molar refractivity (Wildman–Crippen MR) is 94.2 cm³/mol. The zero-order chi connectivity index (χ0) is 19.8. The summed E-state index contributed by atoms with van der Waals surface area (Å²) in [6, 6.07) is -0.887. The molecule has 0 unspecified atom stereocenters. The molecule has 7 nitrogen and oxygen atoms in total. The van der Waals surface area contributed by atoms with Crippen LogP contribution in [0.1, 0.15) is 54.9 Å². The number of carbonyl (C=O) groups excluding carboxylic acids is 3. The molecule has 1 amide bonds. The highest BCUT2D eigenvalue weighted by atomic mass is 35.5. The molecule has 0 heterocycles. The number of carbonyl (C=O) groups is 3. The van der Waals surface area contributed by atoms with Crippen LogP contribution in [0.15, 0.2) is 11.1 Å². The van der Waals surface area contributed by atoms with Crippen LogP contribution in [0.2, 0.25) is 0 Å². The molecule has 1 N–H and O–H groups in total. The van der Waals surface area contributed by atoms with Crippen molar-refractivity contribution in [3.63, 3.8) is 0 Å². The first-order valence-electron chi connectivity index (χ1n) is 7.99. The summed E-state index contributed by atoms with van der Waals surface area (Å²) >= 11 is 5.88. The van der Waals surface area contributed by atoms with E-state index in [9.17, 15) is 14.4 Å². The average molecular weight is 378 g/mol. The Kier molecular flexibility index (Phi) is 8.97. The van der Waals surface area contributed by atoms with Crippen LogP contribution in [-0.2, 0) is 23.8 Å². The highest BCUT2D eigenvalue weighted by Gasteiger charge is 2.24. The third kappa shape index (κ3) is 12.3. The highest BCUT2D eigenvalue weighted by molar-refractivity contribution is 6.41. The summed E-state index contributed by atoms with van der Waals surface area (Å²) in [5.74, 6) is -1.30. The fourth-order valence-corrected chi connectivity index (χ4v) is 1.82. The normalized spacial score (nSPS) is 13.7. The molecule has 1 atom stereocenters. The van der Waals surface area contributed by atoms with Crippen molar-refractivity contribution in [3.05, 3.63) is 11.1 Å². The van der Waals surface area contributed by atoms with Gasteiger partial charge in [0, 0.05) is 0 Å². The Morgan fingerprint density at radius 1 is 1.04 bits per heavy atom. The van der Waals surface area contributed by atoms with Gasteiger partial charge in [-0.25, -0.2) is 9.59 Å². The first-order valence-corrected chi connectivity index (χ1v) is 8.37. The number of hydrogen-bond donors (Lipinski definition) is 1. The lowest BCUT2D eigenvalue weighted by atomic mass is 10.1. The molecule has 0 aromatic heterocycles. The fraction of sp³-hybridized carbons (Fsp3) is 0.706. The summed E-state index contributed by atoms with van der Waals surface area (Å²) in [4.78, 5) is 35.6. The predicted octanol–water partition coefficient (Wildman–Crippen LogP) is 3.30. The zero-order valence-corrected chi connectivity index (χ0v) is 16.7. The monoisotopic (exact) mass is 377 g/mol. The van der Waals surface area contributed by atoms with E-state index in [1.54, 1.807) is 48.5 Å². The summed E-state index contributed by atoms with van der Waals surface area (Å²) in [5, 5.41) is 2.24. The van der Waals surface area contributed by atoms with Crippen molar-refractivity contribution in [3.8, 4) is 0 Å². The molecule has 0 aliphatic carbocycles. The van der Waals surface area contributed by atoms with Crippen molar-refractivity contribution >= 4 is 29.6 Å². The second kappa shape index (κ2) is 9.65. The molecular formula is C17H28ClNO6. The second-order valence-electron chi connectivity index (χ2n) is 7.28. The number of alkyl carbamates (subject to hydrolysis) is 1. The number of amides is 1. The number of rotatable bonds is 6. The van der Waals surface area contributed by atoms with Gasteiger partial charge in [0.25, 0.3) is 0 Å². The van der Waals surface area contributed by atoms with E-state index < -0.39 is 35.3 Å². The summed E-state index contributed by atoms with van der Waals surface area (Å²) in [5.41, 5.74) is -1.39. The topological polar surface area (TPSA) is 90.9 Å². The van der Waals surface area contributed by atoms with Crippen LogP contribution in [0.5, 0.6) is 0 Å². The van der Waals surface area contributed by atoms with E-state index in [1.807, 2.05) is 0 Å². The van der Waals surface area contributed by atoms with Gasteiger partial charge in [-0.2, -0.15) is 0 Å². The van der Waals surface area contributed by atoms with Gasteiger partial charge in [-0.05, 0) is 54.5 Å². The number of halogens is 1. The summed E-state index contributed by atoms with van der Waals surface area (Å²) in [6.45, 7) is 12.1. The van der Waals surface area contributed by atoms with Crippen LogP contribution in [0.4, 0.5) is 4.79 Å². The van der Waals surface area contributed by atoms with Crippen molar-refractivity contribution in [2.45, 2.75) is 72.1 Å². The van der Waals surface area contributed by atoms with Crippen LogP contribution < -0.4 is 5.32 Å². The number of hydrogen-bond acceptors (Lipinski definition) is 6. The SMILES string of the molecule is CCOC(=O)/C(Cl)=C/[C@H](CC(=O)OC(C)(C)C)NC(=O)OC(C)(C)C. The van der Waals surface area contributed by atoms with Gasteiger partial charge in [0.05, 0.1) is 19.1 Å². The van der Waals surface area contributed by atoms with Gasteiger partial charge < -0.3 is 19.5 Å². The molecule has 0 aromatic carbocycles. The molecule has 0 spiro atoms. The Hall–Kier alpha value is -1.76. The third-order valence-corrected chi connectivity index (χ3v) is 2.61. The smallest absolute Gasteiger partial charge is 0.408 e. The maximum Gasteiger partial charge on any atom is 0.408 e. The fourth-order valence-electron chi connectivity index (χ4n) is 1.62. The van der Waals surface area contributed by atoms with Crippen LogP contribution in [0.3, 0.4) is 0 Å². The van der Waals surface area contributed by atoms with Crippen LogP contribution in [0, 0.1) is 0 Å². The van der Waals surface area contributed by atoms with Gasteiger partial charge in [-0.1, -0.05) is 11.6 Å². The molecule has 0 saturated carbocycles. The number of ether oxygens (including phenoxy) is 3. The Morgan fingerprint density at radius 2 is 1.56 bits per heavy atom. The quantitative estimate of drug-likeness (QED) is 0.434.